The van der Waals surface area contributed by atoms with E-state index in [-0.39, 0.29) is 18.0 Å². The normalized spacial score (nSPS) is 11.6. The molecule has 0 aliphatic carbocycles. The molecule has 1 aromatic carbocycles. The van der Waals surface area contributed by atoms with Gasteiger partial charge in [0.25, 0.3) is 5.56 Å². The van der Waals surface area contributed by atoms with Crippen molar-refractivity contribution in [3.8, 4) is 17.0 Å². The van der Waals surface area contributed by atoms with Crippen molar-refractivity contribution >= 4 is 5.91 Å². The zero-order chi connectivity index (χ0) is 19.9. The van der Waals surface area contributed by atoms with Crippen molar-refractivity contribution < 1.29 is 9.53 Å². The van der Waals surface area contributed by atoms with Crippen molar-refractivity contribution in [2.45, 2.75) is 26.4 Å². The predicted molar refractivity (Wildman–Crippen MR) is 106 cm³/mol. The van der Waals surface area contributed by atoms with Crippen LogP contribution < -0.4 is 15.6 Å². The van der Waals surface area contributed by atoms with Crippen LogP contribution >= 0.6 is 0 Å². The summed E-state index contributed by atoms with van der Waals surface area (Å²) >= 11 is 0. The molecule has 0 saturated heterocycles. The maximum absolute atomic E-state index is 12.5. The summed E-state index contributed by atoms with van der Waals surface area (Å²) in [4.78, 5) is 28.9. The van der Waals surface area contributed by atoms with E-state index in [9.17, 15) is 9.59 Å². The van der Waals surface area contributed by atoms with Crippen molar-refractivity contribution in [3.05, 3.63) is 76.8 Å². The molecule has 0 bridgehead atoms. The van der Waals surface area contributed by atoms with Crippen LogP contribution in [0, 0.1) is 0 Å². The van der Waals surface area contributed by atoms with Crippen LogP contribution in [0.5, 0.6) is 5.75 Å². The van der Waals surface area contributed by atoms with E-state index in [0.717, 1.165) is 17.0 Å². The lowest BCUT2D eigenvalue weighted by molar-refractivity contribution is -0.124. The Balaban J connectivity index is 1.76. The summed E-state index contributed by atoms with van der Waals surface area (Å²) < 4.78 is 6.63. The maximum atomic E-state index is 12.5. The van der Waals surface area contributed by atoms with Gasteiger partial charge in [-0.25, -0.2) is 4.68 Å². The second-order valence-corrected chi connectivity index (χ2v) is 6.17. The van der Waals surface area contributed by atoms with Gasteiger partial charge in [0, 0.05) is 17.8 Å². The van der Waals surface area contributed by atoms with E-state index in [1.165, 1.54) is 10.7 Å². The first-order valence-electron chi connectivity index (χ1n) is 9.09. The summed E-state index contributed by atoms with van der Waals surface area (Å²) in [6.45, 7) is 4.45. The lowest BCUT2D eigenvalue weighted by atomic mass is 10.1. The first-order chi connectivity index (χ1) is 13.6. The number of ether oxygens (including phenoxy) is 1. The summed E-state index contributed by atoms with van der Waals surface area (Å²) in [6.07, 6.45) is 1.66. The highest BCUT2D eigenvalue weighted by Gasteiger charge is 2.18. The molecule has 1 amide bonds. The average molecular weight is 378 g/mol. The third-order valence-electron chi connectivity index (χ3n) is 4.20. The number of hydrogen-bond acceptors (Lipinski definition) is 5. The fraction of sp³-hybridized carbons (Fsp3) is 0.238. The smallest absolute Gasteiger partial charge is 0.267 e. The molecular formula is C21H22N4O3. The van der Waals surface area contributed by atoms with E-state index in [2.05, 4.69) is 15.4 Å². The molecule has 2 heterocycles. The van der Waals surface area contributed by atoms with Gasteiger partial charge in [-0.2, -0.15) is 5.10 Å². The molecule has 2 aromatic heterocycles. The molecule has 28 heavy (non-hydrogen) atoms. The minimum atomic E-state index is -0.751. The van der Waals surface area contributed by atoms with Crippen LogP contribution in [0.15, 0.2) is 65.6 Å². The zero-order valence-electron chi connectivity index (χ0n) is 15.8. The Kier molecular flexibility index (Phi) is 6.16. The van der Waals surface area contributed by atoms with Crippen LogP contribution in [0.3, 0.4) is 0 Å². The first-order valence-corrected chi connectivity index (χ1v) is 9.09. The lowest BCUT2D eigenvalue weighted by Gasteiger charge is -2.15. The number of nitrogens with one attached hydrogen (secondary N) is 1. The van der Waals surface area contributed by atoms with Crippen LogP contribution in [-0.4, -0.2) is 27.3 Å². The van der Waals surface area contributed by atoms with Gasteiger partial charge in [-0.05, 0) is 56.3 Å². The summed E-state index contributed by atoms with van der Waals surface area (Å²) in [7, 11) is 0. The lowest BCUT2D eigenvalue weighted by Crippen LogP contribution is -2.36. The Morgan fingerprint density at radius 2 is 1.93 bits per heavy atom. The minimum absolute atomic E-state index is 0.289. The third-order valence-corrected chi connectivity index (χ3v) is 4.20. The van der Waals surface area contributed by atoms with Gasteiger partial charge < -0.3 is 10.1 Å². The summed E-state index contributed by atoms with van der Waals surface area (Å²) in [6, 6.07) is 15.2. The van der Waals surface area contributed by atoms with Gasteiger partial charge in [0.05, 0.1) is 24.5 Å². The quantitative estimate of drug-likeness (QED) is 0.683. The van der Waals surface area contributed by atoms with E-state index in [0.29, 0.717) is 12.3 Å². The molecule has 144 valence electrons. The fourth-order valence-electron chi connectivity index (χ4n) is 2.68. The monoisotopic (exact) mass is 378 g/mol. The molecule has 1 atom stereocenters. The highest BCUT2D eigenvalue weighted by atomic mass is 16.5. The molecular weight excluding hydrogens is 356 g/mol. The van der Waals surface area contributed by atoms with Crippen molar-refractivity contribution in [3.63, 3.8) is 0 Å². The Hall–Kier alpha value is -3.48. The van der Waals surface area contributed by atoms with Gasteiger partial charge in [0.15, 0.2) is 0 Å². The Morgan fingerprint density at radius 1 is 1.14 bits per heavy atom. The molecule has 0 radical (unpaired) electrons. The third kappa shape index (κ3) is 4.62. The molecule has 0 saturated carbocycles. The number of hydrogen-bond donors (Lipinski definition) is 1. The van der Waals surface area contributed by atoms with Crippen molar-refractivity contribution in [1.82, 2.24) is 20.1 Å². The van der Waals surface area contributed by atoms with E-state index in [1.807, 2.05) is 49.4 Å². The summed E-state index contributed by atoms with van der Waals surface area (Å²) in [5.41, 5.74) is 1.84. The number of nitrogens with zero attached hydrogens (tertiary/aromatic N) is 3. The number of carbonyl (C=O) groups is 1. The topological polar surface area (TPSA) is 86.1 Å². The van der Waals surface area contributed by atoms with Crippen LogP contribution in [0.1, 0.15) is 25.6 Å². The highest BCUT2D eigenvalue weighted by Crippen LogP contribution is 2.20. The summed E-state index contributed by atoms with van der Waals surface area (Å²) in [5, 5.41) is 7.17. The highest BCUT2D eigenvalue weighted by molar-refractivity contribution is 5.79. The Bertz CT molecular complexity index is 985. The van der Waals surface area contributed by atoms with Crippen LogP contribution in [0.4, 0.5) is 0 Å². The molecule has 3 rings (SSSR count). The molecule has 0 aliphatic rings. The van der Waals surface area contributed by atoms with Gasteiger partial charge in [-0.3, -0.25) is 14.6 Å². The van der Waals surface area contributed by atoms with Crippen molar-refractivity contribution in [2.75, 3.05) is 6.61 Å². The van der Waals surface area contributed by atoms with Gasteiger partial charge >= 0.3 is 0 Å². The number of amides is 1. The molecule has 0 spiro atoms. The summed E-state index contributed by atoms with van der Waals surface area (Å²) in [5.74, 6) is 0.464. The maximum Gasteiger partial charge on any atom is 0.267 e. The minimum Gasteiger partial charge on any atom is -0.494 e. The number of aromatic nitrogens is 3. The van der Waals surface area contributed by atoms with E-state index < -0.39 is 6.04 Å². The van der Waals surface area contributed by atoms with Crippen LogP contribution in [0.25, 0.3) is 11.3 Å². The van der Waals surface area contributed by atoms with Crippen molar-refractivity contribution in [2.24, 2.45) is 0 Å². The number of carbonyl (C=O) groups excluding carboxylic acids is 1. The SMILES string of the molecule is CCOc1ccc(-c2ccc(=O)n(C(C)C(=O)NCc3ccccn3)n2)cc1. The second-order valence-electron chi connectivity index (χ2n) is 6.17. The largest absolute Gasteiger partial charge is 0.494 e. The van der Waals surface area contributed by atoms with E-state index in [1.54, 1.807) is 19.2 Å². The standard InChI is InChI=1S/C21H22N4O3/c1-3-28-18-9-7-16(8-10-18)19-11-12-20(26)25(24-19)15(2)21(27)23-14-17-6-4-5-13-22-17/h4-13,15H,3,14H2,1-2H3,(H,23,27). The van der Waals surface area contributed by atoms with Gasteiger partial charge in [-0.1, -0.05) is 6.07 Å². The van der Waals surface area contributed by atoms with Gasteiger partial charge in [0.1, 0.15) is 11.8 Å². The van der Waals surface area contributed by atoms with Crippen LogP contribution in [-0.2, 0) is 11.3 Å². The molecule has 3 aromatic rings. The fourth-order valence-corrected chi connectivity index (χ4v) is 2.68. The number of pyridine rings is 1. The number of rotatable bonds is 7. The predicted octanol–water partition coefficient (Wildman–Crippen LogP) is 2.58. The second kappa shape index (κ2) is 8.94. The average Bonchev–Trinajstić information content (AvgIpc) is 2.73. The zero-order valence-corrected chi connectivity index (χ0v) is 15.8. The van der Waals surface area contributed by atoms with E-state index >= 15 is 0 Å². The Morgan fingerprint density at radius 3 is 2.61 bits per heavy atom. The molecule has 7 heteroatoms. The van der Waals surface area contributed by atoms with Crippen LogP contribution in [0.2, 0.25) is 0 Å². The van der Waals surface area contributed by atoms with Crippen molar-refractivity contribution in [1.29, 1.82) is 0 Å². The molecule has 0 fully saturated rings. The molecule has 1 unspecified atom stereocenters. The van der Waals surface area contributed by atoms with Gasteiger partial charge in [0.2, 0.25) is 5.91 Å². The molecule has 0 aliphatic heterocycles. The van der Waals surface area contributed by atoms with Gasteiger partial charge in [-0.15, -0.1) is 0 Å². The Labute approximate surface area is 163 Å². The number of benzene rings is 1. The van der Waals surface area contributed by atoms with E-state index in [4.69, 9.17) is 4.74 Å². The molecule has 1 N–H and O–H groups in total. The molecule has 7 nitrogen and oxygen atoms in total. The first kappa shape index (κ1) is 19.3.